The Labute approximate surface area is 165 Å². The van der Waals surface area contributed by atoms with Crippen molar-refractivity contribution in [1.29, 1.82) is 0 Å². The number of ketones is 1. The lowest BCUT2D eigenvalue weighted by atomic mass is 9.66. The van der Waals surface area contributed by atoms with Crippen LogP contribution in [0.5, 0.6) is 0 Å². The first kappa shape index (κ1) is 23.6. The van der Waals surface area contributed by atoms with Crippen LogP contribution in [0.1, 0.15) is 66.2 Å². The van der Waals surface area contributed by atoms with Gasteiger partial charge >= 0.3 is 0 Å². The second kappa shape index (κ2) is 9.67. The zero-order chi connectivity index (χ0) is 20.8. The number of nitrogens with one attached hydrogen (secondary N) is 1. The quantitative estimate of drug-likeness (QED) is 0.597. The molecule has 0 spiro atoms. The summed E-state index contributed by atoms with van der Waals surface area (Å²) in [6.07, 6.45) is 3.70. The molecule has 0 aliphatic carbocycles. The molecule has 1 rings (SSSR count). The van der Waals surface area contributed by atoms with Crippen LogP contribution >= 0.6 is 0 Å². The molecular weight excluding hydrogens is 342 g/mol. The van der Waals surface area contributed by atoms with Crippen LogP contribution in [0.15, 0.2) is 0 Å². The molecule has 0 aromatic carbocycles. The fourth-order valence-electron chi connectivity index (χ4n) is 4.34. The predicted molar refractivity (Wildman–Crippen MR) is 108 cm³/mol. The van der Waals surface area contributed by atoms with Gasteiger partial charge in [-0.25, -0.2) is 0 Å². The Bertz CT molecular complexity index is 549. The van der Waals surface area contributed by atoms with E-state index < -0.39 is 10.8 Å². The summed E-state index contributed by atoms with van der Waals surface area (Å²) in [7, 11) is 5.56. The molecular formula is C21H39N3O3. The van der Waals surface area contributed by atoms with Crippen molar-refractivity contribution in [2.45, 2.75) is 72.3 Å². The number of carbonyl (C=O) groups is 3. The van der Waals surface area contributed by atoms with Crippen molar-refractivity contribution in [3.05, 3.63) is 0 Å². The van der Waals surface area contributed by atoms with E-state index in [0.717, 1.165) is 13.0 Å². The number of rotatable bonds is 11. The van der Waals surface area contributed by atoms with E-state index in [0.29, 0.717) is 38.6 Å². The standard InChI is InChI=1S/C21H39N3O3/c1-8-20(3,19(27)22-5)15-21(4,17(25)11-13-23(6)7)14-16(2)24-12-9-10-18(24)26/h16H,8-15H2,1-7H3,(H,22,27). The van der Waals surface area contributed by atoms with Crippen molar-refractivity contribution < 1.29 is 14.4 Å². The van der Waals surface area contributed by atoms with E-state index in [-0.39, 0.29) is 23.6 Å². The molecule has 1 aliphatic heterocycles. The van der Waals surface area contributed by atoms with Crippen LogP contribution in [-0.4, -0.2) is 67.7 Å². The van der Waals surface area contributed by atoms with E-state index in [4.69, 9.17) is 0 Å². The van der Waals surface area contributed by atoms with Gasteiger partial charge in [0, 0.05) is 49.9 Å². The van der Waals surface area contributed by atoms with Gasteiger partial charge in [0.15, 0.2) is 0 Å². The summed E-state index contributed by atoms with van der Waals surface area (Å²) in [5, 5.41) is 2.76. The minimum absolute atomic E-state index is 0.000833. The Morgan fingerprint density at radius 2 is 1.89 bits per heavy atom. The molecule has 3 unspecified atom stereocenters. The summed E-state index contributed by atoms with van der Waals surface area (Å²) >= 11 is 0. The number of hydrogen-bond acceptors (Lipinski definition) is 4. The maximum absolute atomic E-state index is 13.2. The van der Waals surface area contributed by atoms with Crippen LogP contribution in [0.4, 0.5) is 0 Å². The Morgan fingerprint density at radius 1 is 1.26 bits per heavy atom. The minimum Gasteiger partial charge on any atom is -0.359 e. The van der Waals surface area contributed by atoms with E-state index in [2.05, 4.69) is 5.32 Å². The van der Waals surface area contributed by atoms with Gasteiger partial charge in [0.2, 0.25) is 11.8 Å². The first-order valence-electron chi connectivity index (χ1n) is 10.2. The highest BCUT2D eigenvalue weighted by Crippen LogP contribution is 2.42. The number of carbonyl (C=O) groups excluding carboxylic acids is 3. The van der Waals surface area contributed by atoms with Gasteiger partial charge in [-0.1, -0.05) is 20.8 Å². The molecule has 1 saturated heterocycles. The lowest BCUT2D eigenvalue weighted by molar-refractivity contribution is -0.139. The average Bonchev–Trinajstić information content (AvgIpc) is 3.04. The Morgan fingerprint density at radius 3 is 2.33 bits per heavy atom. The lowest BCUT2D eigenvalue weighted by Crippen LogP contribution is -2.46. The predicted octanol–water partition coefficient (Wildman–Crippen LogP) is 2.47. The Balaban J connectivity index is 3.08. The molecule has 6 heteroatoms. The second-order valence-electron chi connectivity index (χ2n) is 8.95. The van der Waals surface area contributed by atoms with E-state index >= 15 is 0 Å². The van der Waals surface area contributed by atoms with Crippen molar-refractivity contribution in [2.75, 3.05) is 34.2 Å². The van der Waals surface area contributed by atoms with Crippen LogP contribution in [0.25, 0.3) is 0 Å². The van der Waals surface area contributed by atoms with Crippen molar-refractivity contribution in [3.63, 3.8) is 0 Å². The Hall–Kier alpha value is -1.43. The molecule has 3 atom stereocenters. The van der Waals surface area contributed by atoms with Crippen LogP contribution < -0.4 is 5.32 Å². The number of amides is 2. The topological polar surface area (TPSA) is 69.7 Å². The molecule has 0 radical (unpaired) electrons. The zero-order valence-corrected chi connectivity index (χ0v) is 18.4. The average molecular weight is 382 g/mol. The molecule has 1 heterocycles. The monoisotopic (exact) mass is 381 g/mol. The smallest absolute Gasteiger partial charge is 0.225 e. The fraction of sp³-hybridized carbons (Fsp3) is 0.857. The highest BCUT2D eigenvalue weighted by Gasteiger charge is 2.44. The molecule has 1 aliphatic rings. The summed E-state index contributed by atoms with van der Waals surface area (Å²) in [5.41, 5.74) is -1.25. The number of nitrogens with zero attached hydrogens (tertiary/aromatic N) is 2. The molecule has 27 heavy (non-hydrogen) atoms. The van der Waals surface area contributed by atoms with Gasteiger partial charge in [0.1, 0.15) is 5.78 Å². The van der Waals surface area contributed by atoms with Crippen LogP contribution in [-0.2, 0) is 14.4 Å². The third-order valence-electron chi connectivity index (χ3n) is 6.18. The first-order valence-corrected chi connectivity index (χ1v) is 10.2. The van der Waals surface area contributed by atoms with Crippen molar-refractivity contribution in [1.82, 2.24) is 15.1 Å². The number of Topliss-reactive ketones (excluding diaryl/α,β-unsaturated/α-hetero) is 1. The third kappa shape index (κ3) is 6.03. The summed E-state index contributed by atoms with van der Waals surface area (Å²) in [6.45, 7) is 9.40. The summed E-state index contributed by atoms with van der Waals surface area (Å²) < 4.78 is 0. The minimum atomic E-state index is -0.643. The van der Waals surface area contributed by atoms with Gasteiger partial charge in [-0.05, 0) is 46.7 Å². The zero-order valence-electron chi connectivity index (χ0n) is 18.4. The number of likely N-dealkylation sites (tertiary alicyclic amines) is 1. The third-order valence-corrected chi connectivity index (χ3v) is 6.18. The molecule has 0 saturated carbocycles. The molecule has 2 amide bonds. The van der Waals surface area contributed by atoms with E-state index in [1.54, 1.807) is 7.05 Å². The van der Waals surface area contributed by atoms with Gasteiger partial charge in [-0.2, -0.15) is 0 Å². The molecule has 6 nitrogen and oxygen atoms in total. The van der Waals surface area contributed by atoms with Gasteiger partial charge in [-0.15, -0.1) is 0 Å². The largest absolute Gasteiger partial charge is 0.359 e. The van der Waals surface area contributed by atoms with Crippen LogP contribution in [0.2, 0.25) is 0 Å². The molecule has 1 fully saturated rings. The molecule has 0 aromatic rings. The van der Waals surface area contributed by atoms with Gasteiger partial charge in [0.25, 0.3) is 0 Å². The first-order chi connectivity index (χ1) is 12.5. The van der Waals surface area contributed by atoms with Gasteiger partial charge in [0.05, 0.1) is 0 Å². The molecule has 0 bridgehead atoms. The fourth-order valence-corrected chi connectivity index (χ4v) is 4.34. The van der Waals surface area contributed by atoms with Gasteiger partial charge in [-0.3, -0.25) is 14.4 Å². The summed E-state index contributed by atoms with van der Waals surface area (Å²) in [6, 6.07) is -0.000833. The maximum Gasteiger partial charge on any atom is 0.225 e. The second-order valence-corrected chi connectivity index (χ2v) is 8.95. The van der Waals surface area contributed by atoms with Gasteiger partial charge < -0.3 is 15.1 Å². The van der Waals surface area contributed by atoms with Crippen molar-refractivity contribution >= 4 is 17.6 Å². The highest BCUT2D eigenvalue weighted by molar-refractivity contribution is 5.87. The Kier molecular flexibility index (Phi) is 8.46. The van der Waals surface area contributed by atoms with E-state index in [9.17, 15) is 14.4 Å². The van der Waals surface area contributed by atoms with Crippen molar-refractivity contribution in [2.24, 2.45) is 10.8 Å². The molecule has 0 aromatic heterocycles. The number of hydrogen-bond donors (Lipinski definition) is 1. The maximum atomic E-state index is 13.2. The normalized spacial score (nSPS) is 20.3. The van der Waals surface area contributed by atoms with Crippen LogP contribution in [0.3, 0.4) is 0 Å². The highest BCUT2D eigenvalue weighted by atomic mass is 16.2. The van der Waals surface area contributed by atoms with Crippen LogP contribution in [0, 0.1) is 10.8 Å². The molecule has 1 N–H and O–H groups in total. The van der Waals surface area contributed by atoms with E-state index in [1.807, 2.05) is 51.6 Å². The SMILES string of the molecule is CCC(C)(CC(C)(CC(C)N1CCCC1=O)C(=O)CCN(C)C)C(=O)NC. The summed E-state index contributed by atoms with van der Waals surface area (Å²) in [4.78, 5) is 41.8. The van der Waals surface area contributed by atoms with Crippen molar-refractivity contribution in [3.8, 4) is 0 Å². The molecule has 156 valence electrons. The lowest BCUT2D eigenvalue weighted by Gasteiger charge is -2.40. The van der Waals surface area contributed by atoms with E-state index in [1.165, 1.54) is 0 Å². The summed E-state index contributed by atoms with van der Waals surface area (Å²) in [5.74, 6) is 0.329.